The molecule has 0 atom stereocenters. The summed E-state index contributed by atoms with van der Waals surface area (Å²) in [6, 6.07) is 0.549. The molecule has 0 unspecified atom stereocenters. The van der Waals surface area contributed by atoms with E-state index in [0.717, 1.165) is 38.1 Å². The van der Waals surface area contributed by atoms with Crippen molar-refractivity contribution < 1.29 is 4.52 Å². The first-order valence-electron chi connectivity index (χ1n) is 4.93. The highest BCUT2D eigenvalue weighted by Gasteiger charge is 2.03. The Bertz CT molecular complexity index is 212. The second-order valence-corrected chi connectivity index (χ2v) is 3.05. The third kappa shape index (κ3) is 3.44. The van der Waals surface area contributed by atoms with Gasteiger partial charge in [-0.1, -0.05) is 25.4 Å². The summed E-state index contributed by atoms with van der Waals surface area (Å²) in [4.78, 5) is 4.20. The molecule has 4 nitrogen and oxygen atoms in total. The van der Waals surface area contributed by atoms with E-state index in [2.05, 4.69) is 29.3 Å². The van der Waals surface area contributed by atoms with Gasteiger partial charge in [0, 0.05) is 13.0 Å². The first kappa shape index (κ1) is 10.0. The lowest BCUT2D eigenvalue weighted by atomic mass is 10.2. The highest BCUT2D eigenvalue weighted by Crippen LogP contribution is 2.05. The van der Waals surface area contributed by atoms with Gasteiger partial charge in [-0.15, -0.1) is 0 Å². The number of aromatic nitrogens is 2. The van der Waals surface area contributed by atoms with E-state index in [1.165, 1.54) is 0 Å². The summed E-state index contributed by atoms with van der Waals surface area (Å²) in [5.74, 6) is 0.806. The number of nitrogens with one attached hydrogen (secondary N) is 1. The molecule has 0 radical (unpaired) electrons. The Morgan fingerprint density at radius 1 is 1.31 bits per heavy atom. The normalized spacial score (nSPS) is 10.3. The molecular weight excluding hydrogens is 166 g/mol. The van der Waals surface area contributed by atoms with Crippen molar-refractivity contribution in [2.75, 3.05) is 11.9 Å². The summed E-state index contributed by atoms with van der Waals surface area (Å²) in [6.45, 7) is 5.13. The topological polar surface area (TPSA) is 51.0 Å². The minimum Gasteiger partial charge on any atom is -0.338 e. The van der Waals surface area contributed by atoms with E-state index in [1.807, 2.05) is 0 Å². The smallest absolute Gasteiger partial charge is 0.321 e. The maximum Gasteiger partial charge on any atom is 0.321 e. The molecule has 4 heteroatoms. The number of nitrogens with zero attached hydrogens (tertiary/aromatic N) is 2. The molecule has 0 aromatic carbocycles. The van der Waals surface area contributed by atoms with Crippen LogP contribution in [0.2, 0.25) is 0 Å². The van der Waals surface area contributed by atoms with Gasteiger partial charge in [0.2, 0.25) is 0 Å². The lowest BCUT2D eigenvalue weighted by Crippen LogP contribution is -1.99. The van der Waals surface area contributed by atoms with Crippen molar-refractivity contribution in [3.05, 3.63) is 5.82 Å². The summed E-state index contributed by atoms with van der Waals surface area (Å²) in [7, 11) is 0. The van der Waals surface area contributed by atoms with Gasteiger partial charge in [0.1, 0.15) is 0 Å². The molecule has 0 bridgehead atoms. The fourth-order valence-corrected chi connectivity index (χ4v) is 0.994. The van der Waals surface area contributed by atoms with Crippen LogP contribution in [-0.2, 0) is 6.42 Å². The van der Waals surface area contributed by atoms with E-state index in [-0.39, 0.29) is 0 Å². The van der Waals surface area contributed by atoms with Gasteiger partial charge >= 0.3 is 6.01 Å². The first-order chi connectivity index (χ1) is 6.36. The SMILES string of the molecule is CCCCc1noc(NCCC)n1. The Labute approximate surface area is 78.7 Å². The lowest BCUT2D eigenvalue weighted by molar-refractivity contribution is 0.421. The molecule has 1 N–H and O–H groups in total. The minimum atomic E-state index is 0.549. The largest absolute Gasteiger partial charge is 0.338 e. The zero-order chi connectivity index (χ0) is 9.52. The van der Waals surface area contributed by atoms with Crippen LogP contribution in [0.5, 0.6) is 0 Å². The average Bonchev–Trinajstić information content (AvgIpc) is 2.59. The molecule has 0 aliphatic rings. The number of hydrogen-bond donors (Lipinski definition) is 1. The molecule has 0 fully saturated rings. The third-order valence-electron chi connectivity index (χ3n) is 1.75. The number of rotatable bonds is 6. The molecule has 0 saturated carbocycles. The molecule has 0 saturated heterocycles. The summed E-state index contributed by atoms with van der Waals surface area (Å²) in [5.41, 5.74) is 0. The highest BCUT2D eigenvalue weighted by molar-refractivity contribution is 5.17. The van der Waals surface area contributed by atoms with Gasteiger partial charge in [0.05, 0.1) is 0 Å². The van der Waals surface area contributed by atoms with Crippen molar-refractivity contribution in [1.82, 2.24) is 10.1 Å². The molecule has 13 heavy (non-hydrogen) atoms. The molecule has 74 valence electrons. The average molecular weight is 183 g/mol. The van der Waals surface area contributed by atoms with Gasteiger partial charge in [-0.2, -0.15) is 4.98 Å². The second kappa shape index (κ2) is 5.56. The Balaban J connectivity index is 2.34. The van der Waals surface area contributed by atoms with Gasteiger partial charge in [-0.05, 0) is 12.8 Å². The maximum atomic E-state index is 4.99. The van der Waals surface area contributed by atoms with Gasteiger partial charge in [-0.3, -0.25) is 0 Å². The predicted octanol–water partition coefficient (Wildman–Crippen LogP) is 2.23. The van der Waals surface area contributed by atoms with E-state index in [1.54, 1.807) is 0 Å². The molecule has 1 aromatic rings. The fourth-order valence-electron chi connectivity index (χ4n) is 0.994. The third-order valence-corrected chi connectivity index (χ3v) is 1.75. The predicted molar refractivity (Wildman–Crippen MR) is 51.7 cm³/mol. The van der Waals surface area contributed by atoms with Crippen LogP contribution in [-0.4, -0.2) is 16.7 Å². The van der Waals surface area contributed by atoms with Gasteiger partial charge < -0.3 is 9.84 Å². The maximum absolute atomic E-state index is 4.99. The molecule has 0 spiro atoms. The van der Waals surface area contributed by atoms with Crippen LogP contribution in [0.15, 0.2) is 4.52 Å². The molecule has 0 aliphatic heterocycles. The standard InChI is InChI=1S/C9H17N3O/c1-3-5-6-8-11-9(13-12-8)10-7-4-2/h3-7H2,1-2H3,(H,10,11,12). The quantitative estimate of drug-likeness (QED) is 0.734. The van der Waals surface area contributed by atoms with Crippen molar-refractivity contribution in [3.8, 4) is 0 Å². The van der Waals surface area contributed by atoms with E-state index in [4.69, 9.17) is 4.52 Å². The summed E-state index contributed by atoms with van der Waals surface area (Å²) in [6.07, 6.45) is 4.25. The first-order valence-corrected chi connectivity index (χ1v) is 4.93. The van der Waals surface area contributed by atoms with Crippen LogP contribution in [0.4, 0.5) is 6.01 Å². The molecule has 0 aliphatic carbocycles. The Morgan fingerprint density at radius 2 is 2.15 bits per heavy atom. The minimum absolute atomic E-state index is 0.549. The summed E-state index contributed by atoms with van der Waals surface area (Å²) < 4.78 is 4.99. The zero-order valence-electron chi connectivity index (χ0n) is 8.34. The van der Waals surface area contributed by atoms with Crippen molar-refractivity contribution in [3.63, 3.8) is 0 Å². The Hall–Kier alpha value is -1.06. The molecular formula is C9H17N3O. The fraction of sp³-hybridized carbons (Fsp3) is 0.778. The van der Waals surface area contributed by atoms with Crippen LogP contribution in [0, 0.1) is 0 Å². The zero-order valence-corrected chi connectivity index (χ0v) is 8.34. The summed E-state index contributed by atoms with van der Waals surface area (Å²) in [5, 5.41) is 6.91. The number of anilines is 1. The molecule has 0 amide bonds. The molecule has 1 aromatic heterocycles. The van der Waals surface area contributed by atoms with E-state index < -0.39 is 0 Å². The van der Waals surface area contributed by atoms with Crippen molar-refractivity contribution in [2.45, 2.75) is 39.5 Å². The van der Waals surface area contributed by atoms with Crippen LogP contribution in [0.1, 0.15) is 38.9 Å². The van der Waals surface area contributed by atoms with Gasteiger partial charge in [-0.25, -0.2) is 0 Å². The number of unbranched alkanes of at least 4 members (excludes halogenated alkanes) is 1. The second-order valence-electron chi connectivity index (χ2n) is 3.05. The van der Waals surface area contributed by atoms with E-state index in [0.29, 0.717) is 6.01 Å². The van der Waals surface area contributed by atoms with Crippen molar-refractivity contribution in [2.24, 2.45) is 0 Å². The summed E-state index contributed by atoms with van der Waals surface area (Å²) >= 11 is 0. The van der Waals surface area contributed by atoms with Gasteiger partial charge in [0.15, 0.2) is 5.82 Å². The Kier molecular flexibility index (Phi) is 4.29. The van der Waals surface area contributed by atoms with E-state index in [9.17, 15) is 0 Å². The van der Waals surface area contributed by atoms with Crippen LogP contribution in [0.25, 0.3) is 0 Å². The monoisotopic (exact) mass is 183 g/mol. The lowest BCUT2D eigenvalue weighted by Gasteiger charge is -1.93. The van der Waals surface area contributed by atoms with Crippen LogP contribution >= 0.6 is 0 Å². The molecule has 1 rings (SSSR count). The molecule has 1 heterocycles. The van der Waals surface area contributed by atoms with Crippen LogP contribution in [0.3, 0.4) is 0 Å². The number of hydrogen-bond acceptors (Lipinski definition) is 4. The number of aryl methyl sites for hydroxylation is 1. The van der Waals surface area contributed by atoms with E-state index >= 15 is 0 Å². The highest BCUT2D eigenvalue weighted by atomic mass is 16.5. The van der Waals surface area contributed by atoms with Crippen molar-refractivity contribution in [1.29, 1.82) is 0 Å². The van der Waals surface area contributed by atoms with Gasteiger partial charge in [0.25, 0.3) is 0 Å². The van der Waals surface area contributed by atoms with Crippen LogP contribution < -0.4 is 5.32 Å². The van der Waals surface area contributed by atoms with Crippen molar-refractivity contribution >= 4 is 6.01 Å². The Morgan fingerprint density at radius 3 is 2.85 bits per heavy atom.